The molecular weight excluding hydrogens is 326 g/mol. The monoisotopic (exact) mass is 345 g/mol. The summed E-state index contributed by atoms with van der Waals surface area (Å²) in [6.45, 7) is 0.765. The molecule has 6 nitrogen and oxygen atoms in total. The Morgan fingerprint density at radius 2 is 1.79 bits per heavy atom. The summed E-state index contributed by atoms with van der Waals surface area (Å²) in [5, 5.41) is -0.544. The predicted molar refractivity (Wildman–Crippen MR) is 90.8 cm³/mol. The summed E-state index contributed by atoms with van der Waals surface area (Å²) in [5.74, 6) is -0.126. The van der Waals surface area contributed by atoms with E-state index in [0.29, 0.717) is 12.1 Å². The molecule has 126 valence electrons. The van der Waals surface area contributed by atoms with Crippen molar-refractivity contribution in [2.45, 2.75) is 11.8 Å². The highest BCUT2D eigenvalue weighted by Crippen LogP contribution is 2.22. The number of nitrogens with zero attached hydrogens (tertiary/aromatic N) is 3. The van der Waals surface area contributed by atoms with Crippen LogP contribution in [0.1, 0.15) is 15.9 Å². The Balaban J connectivity index is 1.61. The fraction of sp³-hybridized carbons (Fsp3) is 0.294. The van der Waals surface area contributed by atoms with E-state index in [1.807, 2.05) is 6.07 Å². The number of likely N-dealkylation sites (tertiary alicyclic amines) is 1. The zero-order valence-corrected chi connectivity index (χ0v) is 14.2. The Bertz CT molecular complexity index is 803. The number of amides is 1. The SMILES string of the molecule is CN(Cc1ccncc1)S(=O)(=O)C1CN(C(=O)c2ccccc2)C1. The molecule has 0 bridgehead atoms. The van der Waals surface area contributed by atoms with Crippen molar-refractivity contribution in [1.29, 1.82) is 0 Å². The lowest BCUT2D eigenvalue weighted by molar-refractivity contribution is 0.0655. The molecule has 0 N–H and O–H groups in total. The van der Waals surface area contributed by atoms with Crippen LogP contribution in [-0.2, 0) is 16.6 Å². The van der Waals surface area contributed by atoms with Crippen molar-refractivity contribution in [3.63, 3.8) is 0 Å². The molecule has 0 saturated carbocycles. The first-order chi connectivity index (χ1) is 11.5. The molecule has 0 radical (unpaired) electrons. The van der Waals surface area contributed by atoms with Gasteiger partial charge in [-0.25, -0.2) is 12.7 Å². The highest BCUT2D eigenvalue weighted by atomic mass is 32.2. The highest BCUT2D eigenvalue weighted by Gasteiger charge is 2.41. The minimum atomic E-state index is -3.43. The smallest absolute Gasteiger partial charge is 0.253 e. The Labute approximate surface area is 141 Å². The first kappa shape index (κ1) is 16.6. The van der Waals surface area contributed by atoms with Gasteiger partial charge in [0.15, 0.2) is 0 Å². The summed E-state index contributed by atoms with van der Waals surface area (Å²) < 4.78 is 26.5. The number of hydrogen-bond acceptors (Lipinski definition) is 4. The van der Waals surface area contributed by atoms with Crippen LogP contribution in [0, 0.1) is 0 Å². The minimum Gasteiger partial charge on any atom is -0.336 e. The third kappa shape index (κ3) is 3.32. The lowest BCUT2D eigenvalue weighted by atomic mass is 10.1. The van der Waals surface area contributed by atoms with E-state index in [0.717, 1.165) is 5.56 Å². The molecule has 7 heteroatoms. The van der Waals surface area contributed by atoms with Crippen LogP contribution in [0.3, 0.4) is 0 Å². The van der Waals surface area contributed by atoms with Gasteiger partial charge in [-0.1, -0.05) is 18.2 Å². The fourth-order valence-electron chi connectivity index (χ4n) is 2.65. The topological polar surface area (TPSA) is 70.6 Å². The van der Waals surface area contributed by atoms with Crippen LogP contribution in [0.4, 0.5) is 0 Å². The third-order valence-electron chi connectivity index (χ3n) is 4.17. The van der Waals surface area contributed by atoms with Crippen LogP contribution in [0.25, 0.3) is 0 Å². The van der Waals surface area contributed by atoms with Crippen molar-refractivity contribution in [1.82, 2.24) is 14.2 Å². The summed E-state index contributed by atoms with van der Waals surface area (Å²) in [4.78, 5) is 17.8. The minimum absolute atomic E-state index is 0.126. The molecule has 1 aliphatic heterocycles. The predicted octanol–water partition coefficient (Wildman–Crippen LogP) is 1.37. The Hall–Kier alpha value is -2.25. The molecule has 2 aromatic rings. The van der Waals surface area contributed by atoms with Crippen LogP contribution in [0.15, 0.2) is 54.9 Å². The summed E-state index contributed by atoms with van der Waals surface area (Å²) in [5.41, 5.74) is 1.46. The van der Waals surface area contributed by atoms with Crippen molar-refractivity contribution >= 4 is 15.9 Å². The molecule has 1 aliphatic rings. The fourth-order valence-corrected chi connectivity index (χ4v) is 4.22. The number of benzene rings is 1. The second-order valence-electron chi connectivity index (χ2n) is 5.85. The van der Waals surface area contributed by atoms with Crippen molar-refractivity contribution in [2.75, 3.05) is 20.1 Å². The average molecular weight is 345 g/mol. The van der Waals surface area contributed by atoms with E-state index in [1.54, 1.807) is 60.7 Å². The first-order valence-corrected chi connectivity index (χ1v) is 9.17. The third-order valence-corrected chi connectivity index (χ3v) is 6.30. The summed E-state index contributed by atoms with van der Waals surface area (Å²) in [6, 6.07) is 12.5. The van der Waals surface area contributed by atoms with E-state index in [9.17, 15) is 13.2 Å². The van der Waals surface area contributed by atoms with E-state index in [-0.39, 0.29) is 19.0 Å². The number of aromatic nitrogens is 1. The van der Waals surface area contributed by atoms with Gasteiger partial charge in [0.2, 0.25) is 10.0 Å². The molecule has 24 heavy (non-hydrogen) atoms. The van der Waals surface area contributed by atoms with Gasteiger partial charge in [0.25, 0.3) is 5.91 Å². The maximum absolute atomic E-state index is 12.6. The second kappa shape index (κ2) is 6.70. The number of hydrogen-bond donors (Lipinski definition) is 0. The number of rotatable bonds is 5. The van der Waals surface area contributed by atoms with E-state index < -0.39 is 15.3 Å². The van der Waals surface area contributed by atoms with E-state index >= 15 is 0 Å². The first-order valence-electron chi connectivity index (χ1n) is 7.67. The molecule has 1 aromatic heterocycles. The van der Waals surface area contributed by atoms with Gasteiger partial charge in [0.05, 0.1) is 0 Å². The second-order valence-corrected chi connectivity index (χ2v) is 8.17. The number of carbonyl (C=O) groups excluding carboxylic acids is 1. The molecule has 0 spiro atoms. The summed E-state index contributed by atoms with van der Waals surface area (Å²) >= 11 is 0. The van der Waals surface area contributed by atoms with Crippen molar-refractivity contribution in [2.24, 2.45) is 0 Å². The van der Waals surface area contributed by atoms with Crippen LogP contribution in [-0.4, -0.2) is 53.9 Å². The van der Waals surface area contributed by atoms with E-state index in [1.165, 1.54) is 4.31 Å². The van der Waals surface area contributed by atoms with Crippen molar-refractivity contribution in [3.8, 4) is 0 Å². The average Bonchev–Trinajstić information content (AvgIpc) is 2.55. The molecule has 0 unspecified atom stereocenters. The molecule has 1 saturated heterocycles. The maximum atomic E-state index is 12.6. The van der Waals surface area contributed by atoms with Gasteiger partial charge in [0.1, 0.15) is 5.25 Å². The molecule has 1 fully saturated rings. The summed E-state index contributed by atoms with van der Waals surface area (Å²) in [6.07, 6.45) is 3.28. The summed E-state index contributed by atoms with van der Waals surface area (Å²) in [7, 11) is -1.86. The normalized spacial score (nSPS) is 15.3. The van der Waals surface area contributed by atoms with Gasteiger partial charge in [-0.3, -0.25) is 9.78 Å². The lowest BCUT2D eigenvalue weighted by Crippen LogP contribution is -2.59. The Morgan fingerprint density at radius 1 is 1.17 bits per heavy atom. The van der Waals surface area contributed by atoms with Crippen molar-refractivity contribution < 1.29 is 13.2 Å². The quantitative estimate of drug-likeness (QED) is 0.821. The van der Waals surface area contributed by atoms with Gasteiger partial charge in [-0.2, -0.15) is 0 Å². The Morgan fingerprint density at radius 3 is 2.42 bits per heavy atom. The van der Waals surface area contributed by atoms with Crippen molar-refractivity contribution in [3.05, 3.63) is 66.0 Å². The standard InChI is InChI=1S/C17H19N3O3S/c1-19(11-14-7-9-18-10-8-14)24(22,23)16-12-20(13-16)17(21)15-5-3-2-4-6-15/h2-10,16H,11-13H2,1H3. The van der Waals surface area contributed by atoms with Crippen LogP contribution >= 0.6 is 0 Å². The molecular formula is C17H19N3O3S. The number of carbonyl (C=O) groups is 1. The zero-order valence-electron chi connectivity index (χ0n) is 13.4. The molecule has 1 aromatic carbocycles. The van der Waals surface area contributed by atoms with Gasteiger partial charge >= 0.3 is 0 Å². The molecule has 1 amide bonds. The van der Waals surface area contributed by atoms with Gasteiger partial charge in [0, 0.05) is 44.6 Å². The zero-order chi connectivity index (χ0) is 17.2. The lowest BCUT2D eigenvalue weighted by Gasteiger charge is -2.40. The largest absolute Gasteiger partial charge is 0.336 e. The molecule has 3 rings (SSSR count). The maximum Gasteiger partial charge on any atom is 0.253 e. The van der Waals surface area contributed by atoms with Gasteiger partial charge < -0.3 is 4.90 Å². The number of pyridine rings is 1. The Kier molecular flexibility index (Phi) is 4.64. The van der Waals surface area contributed by atoms with Crippen LogP contribution in [0.2, 0.25) is 0 Å². The van der Waals surface area contributed by atoms with Crippen LogP contribution in [0.5, 0.6) is 0 Å². The number of sulfonamides is 1. The van der Waals surface area contributed by atoms with Crippen LogP contribution < -0.4 is 0 Å². The molecule has 2 heterocycles. The van der Waals surface area contributed by atoms with Gasteiger partial charge in [-0.05, 0) is 29.8 Å². The van der Waals surface area contributed by atoms with E-state index in [2.05, 4.69) is 4.98 Å². The molecule has 0 aliphatic carbocycles. The van der Waals surface area contributed by atoms with Gasteiger partial charge in [-0.15, -0.1) is 0 Å². The highest BCUT2D eigenvalue weighted by molar-refractivity contribution is 7.89. The van der Waals surface area contributed by atoms with E-state index in [4.69, 9.17) is 0 Å². The molecule has 0 atom stereocenters.